The van der Waals surface area contributed by atoms with E-state index in [-0.39, 0.29) is 5.56 Å². The van der Waals surface area contributed by atoms with E-state index in [9.17, 15) is 9.18 Å². The van der Waals surface area contributed by atoms with Crippen LogP contribution in [0.25, 0.3) is 0 Å². The molecule has 0 radical (unpaired) electrons. The lowest BCUT2D eigenvalue weighted by Crippen LogP contribution is -2.13. The molecule has 0 saturated heterocycles. The lowest BCUT2D eigenvalue weighted by atomic mass is 10.2. The Morgan fingerprint density at radius 3 is 2.88 bits per heavy atom. The fourth-order valence-corrected chi connectivity index (χ4v) is 1.33. The zero-order valence-electron chi connectivity index (χ0n) is 9.96. The molecule has 17 heavy (non-hydrogen) atoms. The second kappa shape index (κ2) is 6.85. The van der Waals surface area contributed by atoms with Crippen molar-refractivity contribution in [2.45, 2.75) is 6.42 Å². The topological polar surface area (TPSA) is 47.6 Å². The van der Waals surface area contributed by atoms with E-state index in [1.807, 2.05) is 7.05 Å². The summed E-state index contributed by atoms with van der Waals surface area (Å²) in [5.74, 6) is -0.754. The summed E-state index contributed by atoms with van der Waals surface area (Å²) in [6.45, 7) is 1.27. The van der Waals surface area contributed by atoms with Gasteiger partial charge < -0.3 is 14.8 Å². The summed E-state index contributed by atoms with van der Waals surface area (Å²) in [5.41, 5.74) is 0.108. The summed E-state index contributed by atoms with van der Waals surface area (Å²) in [4.78, 5) is 11.4. The summed E-state index contributed by atoms with van der Waals surface area (Å²) in [5, 5.41) is 2.98. The number of carbonyl (C=O) groups excluding carboxylic acids is 1. The van der Waals surface area contributed by atoms with Crippen molar-refractivity contribution in [1.82, 2.24) is 5.32 Å². The molecule has 0 aliphatic carbocycles. The number of nitrogens with one attached hydrogen (secondary N) is 1. The molecule has 94 valence electrons. The van der Waals surface area contributed by atoms with Crippen LogP contribution in [-0.4, -0.2) is 33.3 Å². The summed E-state index contributed by atoms with van der Waals surface area (Å²) >= 11 is 0. The standard InChI is InChI=1S/C12H16FNO3/c1-14-6-3-7-17-11-5-4-9(13)8-10(11)12(15)16-2/h4-5,8,14H,3,6-7H2,1-2H3. The lowest BCUT2D eigenvalue weighted by molar-refractivity contribution is 0.0595. The molecular weight excluding hydrogens is 225 g/mol. The number of rotatable bonds is 6. The second-order valence-electron chi connectivity index (χ2n) is 3.44. The molecule has 0 aromatic heterocycles. The van der Waals surface area contributed by atoms with Gasteiger partial charge in [0, 0.05) is 0 Å². The summed E-state index contributed by atoms with van der Waals surface area (Å²) in [6, 6.07) is 3.79. The van der Waals surface area contributed by atoms with Crippen LogP contribution >= 0.6 is 0 Å². The van der Waals surface area contributed by atoms with E-state index >= 15 is 0 Å². The molecule has 0 unspecified atom stereocenters. The minimum absolute atomic E-state index is 0.108. The molecule has 0 aliphatic rings. The second-order valence-corrected chi connectivity index (χ2v) is 3.44. The summed E-state index contributed by atoms with van der Waals surface area (Å²) in [6.07, 6.45) is 0.800. The Morgan fingerprint density at radius 2 is 2.24 bits per heavy atom. The van der Waals surface area contributed by atoms with Gasteiger partial charge in [-0.15, -0.1) is 0 Å². The molecule has 1 aromatic rings. The molecule has 0 atom stereocenters. The maximum Gasteiger partial charge on any atom is 0.341 e. The van der Waals surface area contributed by atoms with Crippen molar-refractivity contribution in [1.29, 1.82) is 0 Å². The van der Waals surface area contributed by atoms with E-state index in [0.29, 0.717) is 12.4 Å². The van der Waals surface area contributed by atoms with Crippen molar-refractivity contribution in [3.8, 4) is 5.75 Å². The van der Waals surface area contributed by atoms with Gasteiger partial charge in [-0.25, -0.2) is 9.18 Å². The van der Waals surface area contributed by atoms with E-state index in [2.05, 4.69) is 10.1 Å². The van der Waals surface area contributed by atoms with Gasteiger partial charge in [0.1, 0.15) is 17.1 Å². The number of benzene rings is 1. The van der Waals surface area contributed by atoms with Gasteiger partial charge in [0.25, 0.3) is 0 Å². The maximum absolute atomic E-state index is 13.0. The molecule has 0 fully saturated rings. The number of hydrogen-bond donors (Lipinski definition) is 1. The third-order valence-corrected chi connectivity index (χ3v) is 2.18. The Labute approximate surface area is 99.7 Å². The monoisotopic (exact) mass is 241 g/mol. The smallest absolute Gasteiger partial charge is 0.341 e. The van der Waals surface area contributed by atoms with Gasteiger partial charge in [0.05, 0.1) is 13.7 Å². The first kappa shape index (κ1) is 13.4. The van der Waals surface area contributed by atoms with Gasteiger partial charge >= 0.3 is 5.97 Å². The predicted octanol–water partition coefficient (Wildman–Crippen LogP) is 1.60. The molecule has 1 rings (SSSR count). The van der Waals surface area contributed by atoms with Gasteiger partial charge in [-0.3, -0.25) is 0 Å². The lowest BCUT2D eigenvalue weighted by Gasteiger charge is -2.10. The number of hydrogen-bond acceptors (Lipinski definition) is 4. The Hall–Kier alpha value is -1.62. The zero-order valence-corrected chi connectivity index (χ0v) is 9.96. The van der Waals surface area contributed by atoms with Crippen molar-refractivity contribution in [3.63, 3.8) is 0 Å². The summed E-state index contributed by atoms with van der Waals surface area (Å²) in [7, 11) is 3.09. The molecular formula is C12H16FNO3. The van der Waals surface area contributed by atoms with Crippen molar-refractivity contribution in [2.75, 3.05) is 27.3 Å². The Balaban J connectivity index is 2.72. The van der Waals surface area contributed by atoms with E-state index in [1.165, 1.54) is 19.2 Å². The minimum atomic E-state index is -0.604. The Morgan fingerprint density at radius 1 is 1.47 bits per heavy atom. The van der Waals surface area contributed by atoms with E-state index in [1.54, 1.807) is 0 Å². The van der Waals surface area contributed by atoms with Gasteiger partial charge in [0.2, 0.25) is 0 Å². The van der Waals surface area contributed by atoms with Crippen LogP contribution in [0.4, 0.5) is 4.39 Å². The van der Waals surface area contributed by atoms with Crippen LogP contribution in [0.5, 0.6) is 5.75 Å². The van der Waals surface area contributed by atoms with E-state index in [0.717, 1.165) is 19.0 Å². The van der Waals surface area contributed by atoms with Crippen molar-refractivity contribution in [3.05, 3.63) is 29.6 Å². The first-order chi connectivity index (χ1) is 8.19. The van der Waals surface area contributed by atoms with E-state index < -0.39 is 11.8 Å². The number of carbonyl (C=O) groups is 1. The van der Waals surface area contributed by atoms with E-state index in [4.69, 9.17) is 4.74 Å². The van der Waals surface area contributed by atoms with Crippen molar-refractivity contribution in [2.24, 2.45) is 0 Å². The molecule has 0 saturated carbocycles. The fourth-order valence-electron chi connectivity index (χ4n) is 1.33. The number of ether oxygens (including phenoxy) is 2. The highest BCUT2D eigenvalue weighted by molar-refractivity contribution is 5.92. The highest BCUT2D eigenvalue weighted by Crippen LogP contribution is 2.20. The van der Waals surface area contributed by atoms with Crippen LogP contribution in [0, 0.1) is 5.82 Å². The normalized spacial score (nSPS) is 10.1. The van der Waals surface area contributed by atoms with Crippen LogP contribution in [0.15, 0.2) is 18.2 Å². The van der Waals surface area contributed by atoms with Gasteiger partial charge in [0.15, 0.2) is 0 Å². The molecule has 0 spiro atoms. The first-order valence-electron chi connectivity index (χ1n) is 5.34. The van der Waals surface area contributed by atoms with Crippen LogP contribution in [0.2, 0.25) is 0 Å². The van der Waals surface area contributed by atoms with Crippen molar-refractivity contribution >= 4 is 5.97 Å². The molecule has 0 heterocycles. The average molecular weight is 241 g/mol. The van der Waals surface area contributed by atoms with Crippen LogP contribution in [-0.2, 0) is 4.74 Å². The number of methoxy groups -OCH3 is 1. The molecule has 1 aromatic carbocycles. The zero-order chi connectivity index (χ0) is 12.7. The largest absolute Gasteiger partial charge is 0.493 e. The molecule has 0 amide bonds. The van der Waals surface area contributed by atoms with Crippen molar-refractivity contribution < 1.29 is 18.7 Å². The summed E-state index contributed by atoms with van der Waals surface area (Å²) < 4.78 is 23.0. The van der Waals surface area contributed by atoms with Crippen LogP contribution in [0.3, 0.4) is 0 Å². The first-order valence-corrected chi connectivity index (χ1v) is 5.34. The predicted molar refractivity (Wildman–Crippen MR) is 61.8 cm³/mol. The minimum Gasteiger partial charge on any atom is -0.493 e. The highest BCUT2D eigenvalue weighted by atomic mass is 19.1. The Bertz CT molecular complexity index is 382. The Kier molecular flexibility index (Phi) is 5.42. The molecule has 5 heteroatoms. The third kappa shape index (κ3) is 4.03. The maximum atomic E-state index is 13.0. The molecule has 0 bridgehead atoms. The highest BCUT2D eigenvalue weighted by Gasteiger charge is 2.14. The third-order valence-electron chi connectivity index (χ3n) is 2.18. The molecule has 1 N–H and O–H groups in total. The van der Waals surface area contributed by atoms with Gasteiger partial charge in [-0.2, -0.15) is 0 Å². The quantitative estimate of drug-likeness (QED) is 0.607. The van der Waals surface area contributed by atoms with Gasteiger partial charge in [-0.05, 0) is 38.2 Å². The molecule has 0 aliphatic heterocycles. The number of halogens is 1. The van der Waals surface area contributed by atoms with Crippen LogP contribution in [0.1, 0.15) is 16.8 Å². The fraction of sp³-hybridized carbons (Fsp3) is 0.417. The SMILES string of the molecule is CNCCCOc1ccc(F)cc1C(=O)OC. The molecule has 4 nitrogen and oxygen atoms in total. The average Bonchev–Trinajstić information content (AvgIpc) is 2.35. The van der Waals surface area contributed by atoms with Crippen LogP contribution < -0.4 is 10.1 Å². The number of esters is 1. The van der Waals surface area contributed by atoms with Gasteiger partial charge in [-0.1, -0.05) is 0 Å².